The monoisotopic (exact) mass is 221 g/mol. The zero-order chi connectivity index (χ0) is 11.6. The highest BCUT2D eigenvalue weighted by Gasteiger charge is 2.37. The topological polar surface area (TPSA) is 29.4 Å². The van der Waals surface area contributed by atoms with Gasteiger partial charge in [-0.25, -0.2) is 4.39 Å². The van der Waals surface area contributed by atoms with E-state index in [1.54, 1.807) is 0 Å². The molecule has 82 valence electrons. The predicted octanol–water partition coefficient (Wildman–Crippen LogP) is 3.67. The molecule has 2 nitrogen and oxygen atoms in total. The van der Waals surface area contributed by atoms with Gasteiger partial charge in [-0.3, -0.25) is 0 Å². The van der Waals surface area contributed by atoms with Crippen molar-refractivity contribution in [1.82, 2.24) is 0 Å². The van der Waals surface area contributed by atoms with Gasteiger partial charge in [0.05, 0.1) is 5.56 Å². The van der Waals surface area contributed by atoms with Crippen LogP contribution in [0.25, 0.3) is 0 Å². The Balaban J connectivity index is 3.39. The number of halogens is 4. The first-order valence-electron chi connectivity index (χ1n) is 4.06. The lowest BCUT2D eigenvalue weighted by Crippen LogP contribution is -2.13. The normalized spacial score (nSPS) is 13.7. The quantitative estimate of drug-likeness (QED) is 0.553. The second kappa shape index (κ2) is 3.96. The van der Waals surface area contributed by atoms with Gasteiger partial charge in [0, 0.05) is 0 Å². The van der Waals surface area contributed by atoms with Gasteiger partial charge in [0.1, 0.15) is 11.9 Å². The van der Waals surface area contributed by atoms with E-state index in [1.807, 2.05) is 0 Å². The van der Waals surface area contributed by atoms with Crippen LogP contribution in [0.4, 0.5) is 17.6 Å². The number of benzene rings is 1. The van der Waals surface area contributed by atoms with Crippen molar-refractivity contribution in [3.8, 4) is 0 Å². The van der Waals surface area contributed by atoms with Crippen LogP contribution in [0.15, 0.2) is 23.4 Å². The van der Waals surface area contributed by atoms with Gasteiger partial charge in [-0.2, -0.15) is 18.1 Å². The number of hydrogen-bond acceptors (Lipinski definition) is 2. The third-order valence-electron chi connectivity index (χ3n) is 1.94. The summed E-state index contributed by atoms with van der Waals surface area (Å²) in [6.45, 7) is 1.18. The summed E-state index contributed by atoms with van der Waals surface area (Å²) >= 11 is 0. The first-order valence-corrected chi connectivity index (χ1v) is 4.06. The molecule has 0 heterocycles. The third kappa shape index (κ3) is 2.31. The van der Waals surface area contributed by atoms with Crippen molar-refractivity contribution in [2.45, 2.75) is 19.1 Å². The molecule has 0 aliphatic heterocycles. The molecule has 0 radical (unpaired) electrons. The van der Waals surface area contributed by atoms with Gasteiger partial charge in [-0.15, -0.1) is 0 Å². The number of nitrogens with zero attached hydrogens (tertiary/aromatic N) is 1. The molecule has 0 aromatic heterocycles. The molecule has 1 aromatic carbocycles. The fourth-order valence-electron chi connectivity index (χ4n) is 1.24. The summed E-state index contributed by atoms with van der Waals surface area (Å²) in [4.78, 5) is 10.2. The van der Waals surface area contributed by atoms with Crippen LogP contribution < -0.4 is 0 Å². The summed E-state index contributed by atoms with van der Waals surface area (Å²) in [5.74, 6) is -1.39. The molecule has 1 rings (SSSR count). The molecule has 0 saturated heterocycles. The van der Waals surface area contributed by atoms with Crippen molar-refractivity contribution in [3.63, 3.8) is 0 Å². The van der Waals surface area contributed by atoms with Crippen molar-refractivity contribution in [2.75, 3.05) is 0 Å². The summed E-state index contributed by atoms with van der Waals surface area (Å²) in [6.07, 6.45) is -4.82. The molecule has 1 atom stereocenters. The van der Waals surface area contributed by atoms with Crippen molar-refractivity contribution < 1.29 is 17.6 Å². The Kier molecular flexibility index (Phi) is 3.06. The minimum atomic E-state index is -4.82. The molecule has 1 aromatic rings. The zero-order valence-electron chi connectivity index (χ0n) is 7.68. The lowest BCUT2D eigenvalue weighted by atomic mass is 10.0. The average molecular weight is 221 g/mol. The highest BCUT2D eigenvalue weighted by Crippen LogP contribution is 2.37. The summed E-state index contributed by atoms with van der Waals surface area (Å²) in [5, 5.41) is 2.46. The maximum Gasteiger partial charge on any atom is 0.419 e. The van der Waals surface area contributed by atoms with Gasteiger partial charge in [-0.05, 0) is 18.6 Å². The van der Waals surface area contributed by atoms with Gasteiger partial charge in [0.2, 0.25) is 0 Å². The number of hydrogen-bond donors (Lipinski definition) is 0. The van der Waals surface area contributed by atoms with Gasteiger partial charge in [-0.1, -0.05) is 17.3 Å². The van der Waals surface area contributed by atoms with Gasteiger partial charge in [0.15, 0.2) is 0 Å². The number of nitroso groups, excluding NO2 is 1. The second-order valence-electron chi connectivity index (χ2n) is 2.98. The van der Waals surface area contributed by atoms with E-state index in [-0.39, 0.29) is 0 Å². The van der Waals surface area contributed by atoms with E-state index in [9.17, 15) is 22.5 Å². The first kappa shape index (κ1) is 11.6. The van der Waals surface area contributed by atoms with E-state index in [0.717, 1.165) is 12.1 Å². The molecular formula is C9H7F4NO. The predicted molar refractivity (Wildman–Crippen MR) is 45.6 cm³/mol. The summed E-state index contributed by atoms with van der Waals surface area (Å²) < 4.78 is 50.2. The largest absolute Gasteiger partial charge is 0.419 e. The van der Waals surface area contributed by atoms with E-state index >= 15 is 0 Å². The average Bonchev–Trinajstić information content (AvgIpc) is 2.14. The smallest absolute Gasteiger partial charge is 0.206 e. The lowest BCUT2D eigenvalue weighted by Gasteiger charge is -2.14. The first-order chi connectivity index (χ1) is 6.88. The van der Waals surface area contributed by atoms with Gasteiger partial charge < -0.3 is 0 Å². The molecule has 0 saturated carbocycles. The van der Waals surface area contributed by atoms with Crippen molar-refractivity contribution >= 4 is 0 Å². The van der Waals surface area contributed by atoms with E-state index in [4.69, 9.17) is 0 Å². The number of rotatable bonds is 2. The van der Waals surface area contributed by atoms with E-state index in [0.29, 0.717) is 6.07 Å². The van der Waals surface area contributed by atoms with Crippen LogP contribution in [0.5, 0.6) is 0 Å². The molecule has 15 heavy (non-hydrogen) atoms. The SMILES string of the molecule is CC(N=O)c1cccc(F)c1C(F)(F)F. The zero-order valence-corrected chi connectivity index (χ0v) is 7.68. The van der Waals surface area contributed by atoms with E-state index in [2.05, 4.69) is 5.18 Å². The molecule has 0 N–H and O–H groups in total. The molecule has 6 heteroatoms. The highest BCUT2D eigenvalue weighted by atomic mass is 19.4. The summed E-state index contributed by atoms with van der Waals surface area (Å²) in [6, 6.07) is 1.63. The van der Waals surface area contributed by atoms with Crippen LogP contribution in [0.3, 0.4) is 0 Å². The maximum atomic E-state index is 13.0. The Labute approximate surface area is 82.9 Å². The molecule has 0 aliphatic carbocycles. The Morgan fingerprint density at radius 3 is 2.40 bits per heavy atom. The fraction of sp³-hybridized carbons (Fsp3) is 0.333. The molecule has 1 unspecified atom stereocenters. The highest BCUT2D eigenvalue weighted by molar-refractivity contribution is 5.33. The lowest BCUT2D eigenvalue weighted by molar-refractivity contribution is -0.140. The van der Waals surface area contributed by atoms with Crippen LogP contribution in [0.2, 0.25) is 0 Å². The minimum absolute atomic E-state index is 0.447. The van der Waals surface area contributed by atoms with Crippen LogP contribution in [-0.4, -0.2) is 0 Å². The molecule has 0 fully saturated rings. The van der Waals surface area contributed by atoms with E-state index in [1.165, 1.54) is 6.92 Å². The molecule has 0 aliphatic rings. The van der Waals surface area contributed by atoms with Crippen LogP contribution in [-0.2, 0) is 6.18 Å². The summed E-state index contributed by atoms with van der Waals surface area (Å²) in [5.41, 5.74) is -1.87. The second-order valence-corrected chi connectivity index (χ2v) is 2.98. The minimum Gasteiger partial charge on any atom is -0.206 e. The van der Waals surface area contributed by atoms with Crippen LogP contribution in [0, 0.1) is 10.7 Å². The number of alkyl halides is 3. The summed E-state index contributed by atoms with van der Waals surface area (Å²) in [7, 11) is 0. The van der Waals surface area contributed by atoms with Crippen LogP contribution in [0.1, 0.15) is 24.1 Å². The Hall–Kier alpha value is -1.46. The van der Waals surface area contributed by atoms with Crippen molar-refractivity contribution in [3.05, 3.63) is 40.1 Å². The van der Waals surface area contributed by atoms with Crippen LogP contribution >= 0.6 is 0 Å². The Morgan fingerprint density at radius 1 is 1.33 bits per heavy atom. The Bertz CT molecular complexity index is 375. The third-order valence-corrected chi connectivity index (χ3v) is 1.94. The molecule has 0 bridgehead atoms. The molecular weight excluding hydrogens is 214 g/mol. The molecule has 0 spiro atoms. The maximum absolute atomic E-state index is 13.0. The van der Waals surface area contributed by atoms with Gasteiger partial charge >= 0.3 is 6.18 Å². The van der Waals surface area contributed by atoms with Crippen molar-refractivity contribution in [2.24, 2.45) is 5.18 Å². The standard InChI is InChI=1S/C9H7F4NO/c1-5(14-15)6-3-2-4-7(10)8(6)9(11,12)13/h2-5H,1H3. The van der Waals surface area contributed by atoms with E-state index < -0.39 is 29.2 Å². The Morgan fingerprint density at radius 2 is 1.93 bits per heavy atom. The molecule has 0 amide bonds. The van der Waals surface area contributed by atoms with Gasteiger partial charge in [0.25, 0.3) is 0 Å². The fourth-order valence-corrected chi connectivity index (χ4v) is 1.24. The van der Waals surface area contributed by atoms with Crippen molar-refractivity contribution in [1.29, 1.82) is 0 Å².